The zero-order chi connectivity index (χ0) is 10.9. The van der Waals surface area contributed by atoms with Crippen molar-refractivity contribution in [3.63, 3.8) is 0 Å². The smallest absolute Gasteiger partial charge is 0.217 e. The highest BCUT2D eigenvalue weighted by Gasteiger charge is 2.01. The number of nitrogens with zero attached hydrogens (tertiary/aromatic N) is 1. The molecule has 1 aromatic heterocycles. The van der Waals surface area contributed by atoms with Gasteiger partial charge in [-0.15, -0.1) is 0 Å². The summed E-state index contributed by atoms with van der Waals surface area (Å²) in [5.41, 5.74) is 1.11. The Hall–Kier alpha value is -0.740. The lowest BCUT2D eigenvalue weighted by atomic mass is 10.2. The molecule has 0 aliphatic carbocycles. The maximum absolute atomic E-state index is 5.17. The van der Waals surface area contributed by atoms with Gasteiger partial charge in [0.05, 0.1) is 7.11 Å². The van der Waals surface area contributed by atoms with Crippen molar-refractivity contribution in [2.24, 2.45) is 0 Å². The molecule has 0 amide bonds. The number of pyridine rings is 1. The van der Waals surface area contributed by atoms with Crippen molar-refractivity contribution in [2.75, 3.05) is 25.2 Å². The first-order valence-electron chi connectivity index (χ1n) is 5.14. The van der Waals surface area contributed by atoms with Crippen LogP contribution in [0.1, 0.15) is 12.5 Å². The molecule has 1 aromatic rings. The van der Waals surface area contributed by atoms with Crippen LogP contribution in [0.4, 0.5) is 0 Å². The van der Waals surface area contributed by atoms with Crippen LogP contribution in [-0.2, 0) is 6.54 Å². The van der Waals surface area contributed by atoms with Gasteiger partial charge in [-0.25, -0.2) is 4.98 Å². The van der Waals surface area contributed by atoms with E-state index in [1.807, 2.05) is 23.9 Å². The molecule has 1 N–H and O–H groups in total. The van der Waals surface area contributed by atoms with Gasteiger partial charge in [0, 0.05) is 30.6 Å². The van der Waals surface area contributed by atoms with Crippen LogP contribution in [0, 0.1) is 0 Å². The third kappa shape index (κ3) is 4.53. The van der Waals surface area contributed by atoms with E-state index in [0.29, 0.717) is 5.88 Å². The van der Waals surface area contributed by atoms with Crippen LogP contribution in [-0.4, -0.2) is 30.1 Å². The lowest BCUT2D eigenvalue weighted by Crippen LogP contribution is -2.17. The summed E-state index contributed by atoms with van der Waals surface area (Å²) in [5, 5.41) is 3.37. The number of aromatic nitrogens is 1. The Morgan fingerprint density at radius 2 is 2.40 bits per heavy atom. The van der Waals surface area contributed by atoms with E-state index in [1.165, 1.54) is 5.75 Å². The molecule has 4 heteroatoms. The predicted molar refractivity (Wildman–Crippen MR) is 65.5 cm³/mol. The summed E-state index contributed by atoms with van der Waals surface area (Å²) in [6.45, 7) is 4.02. The molecule has 0 radical (unpaired) electrons. The fraction of sp³-hybridized carbons (Fsp3) is 0.545. The molecular formula is C11H18N2OS. The monoisotopic (exact) mass is 226 g/mol. The molecule has 0 aliphatic rings. The van der Waals surface area contributed by atoms with Crippen LogP contribution in [0.25, 0.3) is 0 Å². The third-order valence-corrected chi connectivity index (χ3v) is 2.89. The lowest BCUT2D eigenvalue weighted by molar-refractivity contribution is 0.391. The quantitative estimate of drug-likeness (QED) is 0.720. The second-order valence-corrected chi connectivity index (χ2v) is 4.44. The van der Waals surface area contributed by atoms with Crippen LogP contribution in [0.5, 0.6) is 5.88 Å². The zero-order valence-electron chi connectivity index (χ0n) is 9.32. The Morgan fingerprint density at radius 1 is 1.53 bits per heavy atom. The van der Waals surface area contributed by atoms with Crippen LogP contribution in [0.15, 0.2) is 18.3 Å². The van der Waals surface area contributed by atoms with Gasteiger partial charge in [0.15, 0.2) is 0 Å². The van der Waals surface area contributed by atoms with Crippen molar-refractivity contribution in [1.82, 2.24) is 10.3 Å². The largest absolute Gasteiger partial charge is 0.481 e. The number of ether oxygens (including phenoxy) is 1. The van der Waals surface area contributed by atoms with Crippen molar-refractivity contribution in [3.05, 3.63) is 23.9 Å². The molecule has 1 rings (SSSR count). The van der Waals surface area contributed by atoms with Crippen molar-refractivity contribution < 1.29 is 4.74 Å². The molecular weight excluding hydrogens is 208 g/mol. The van der Waals surface area contributed by atoms with Gasteiger partial charge < -0.3 is 10.1 Å². The normalized spacial score (nSPS) is 10.3. The number of methoxy groups -OCH3 is 1. The van der Waals surface area contributed by atoms with Crippen molar-refractivity contribution in [3.8, 4) is 5.88 Å². The van der Waals surface area contributed by atoms with E-state index in [2.05, 4.69) is 17.2 Å². The SMILES string of the molecule is CCSCCNCc1cccnc1OC. The second-order valence-electron chi connectivity index (χ2n) is 3.05. The Labute approximate surface area is 95.6 Å². The third-order valence-electron chi connectivity index (χ3n) is 1.99. The number of hydrogen-bond acceptors (Lipinski definition) is 4. The highest BCUT2D eigenvalue weighted by molar-refractivity contribution is 7.99. The van der Waals surface area contributed by atoms with Crippen molar-refractivity contribution in [1.29, 1.82) is 0 Å². The minimum atomic E-state index is 0.716. The first-order chi connectivity index (χ1) is 7.38. The Morgan fingerprint density at radius 3 is 3.13 bits per heavy atom. The van der Waals surface area contributed by atoms with Crippen LogP contribution >= 0.6 is 11.8 Å². The molecule has 0 bridgehead atoms. The Balaban J connectivity index is 2.30. The zero-order valence-corrected chi connectivity index (χ0v) is 10.1. The van der Waals surface area contributed by atoms with E-state index in [4.69, 9.17) is 4.74 Å². The molecule has 0 saturated carbocycles. The van der Waals surface area contributed by atoms with E-state index >= 15 is 0 Å². The molecule has 0 saturated heterocycles. The van der Waals surface area contributed by atoms with Gasteiger partial charge in [-0.05, 0) is 11.8 Å². The van der Waals surface area contributed by atoms with Gasteiger partial charge >= 0.3 is 0 Å². The highest BCUT2D eigenvalue weighted by atomic mass is 32.2. The van der Waals surface area contributed by atoms with Gasteiger partial charge in [0.1, 0.15) is 0 Å². The van der Waals surface area contributed by atoms with E-state index in [9.17, 15) is 0 Å². The molecule has 0 aromatic carbocycles. The standard InChI is InChI=1S/C11H18N2OS/c1-3-15-8-7-12-9-10-5-4-6-13-11(10)14-2/h4-6,12H,3,7-9H2,1-2H3. The van der Waals surface area contributed by atoms with Crippen molar-refractivity contribution >= 4 is 11.8 Å². The molecule has 0 aliphatic heterocycles. The fourth-order valence-electron chi connectivity index (χ4n) is 1.25. The van der Waals surface area contributed by atoms with E-state index in [1.54, 1.807) is 13.3 Å². The molecule has 0 spiro atoms. The van der Waals surface area contributed by atoms with Gasteiger partial charge in [-0.1, -0.05) is 13.0 Å². The first kappa shape index (κ1) is 12.3. The van der Waals surface area contributed by atoms with E-state index < -0.39 is 0 Å². The summed E-state index contributed by atoms with van der Waals surface area (Å²) in [7, 11) is 1.65. The number of rotatable bonds is 7. The number of thioether (sulfide) groups is 1. The second kappa shape index (κ2) is 7.54. The van der Waals surface area contributed by atoms with Gasteiger partial charge in [0.2, 0.25) is 5.88 Å². The van der Waals surface area contributed by atoms with Crippen LogP contribution in [0.2, 0.25) is 0 Å². The summed E-state index contributed by atoms with van der Waals surface area (Å²) in [4.78, 5) is 4.14. The first-order valence-corrected chi connectivity index (χ1v) is 6.30. The minimum Gasteiger partial charge on any atom is -0.481 e. The highest BCUT2D eigenvalue weighted by Crippen LogP contribution is 2.12. The van der Waals surface area contributed by atoms with E-state index in [-0.39, 0.29) is 0 Å². The topological polar surface area (TPSA) is 34.2 Å². The average molecular weight is 226 g/mol. The summed E-state index contributed by atoms with van der Waals surface area (Å²) in [6.07, 6.45) is 1.75. The lowest BCUT2D eigenvalue weighted by Gasteiger charge is -2.07. The molecule has 0 fully saturated rings. The molecule has 0 atom stereocenters. The van der Waals surface area contributed by atoms with Crippen LogP contribution < -0.4 is 10.1 Å². The molecule has 84 valence electrons. The molecule has 15 heavy (non-hydrogen) atoms. The summed E-state index contributed by atoms with van der Waals surface area (Å²) < 4.78 is 5.17. The average Bonchev–Trinajstić information content (AvgIpc) is 2.29. The van der Waals surface area contributed by atoms with Gasteiger partial charge in [-0.2, -0.15) is 11.8 Å². The summed E-state index contributed by atoms with van der Waals surface area (Å²) >= 11 is 1.94. The summed E-state index contributed by atoms with van der Waals surface area (Å²) in [6, 6.07) is 3.96. The molecule has 0 unspecified atom stereocenters. The van der Waals surface area contributed by atoms with Crippen LogP contribution in [0.3, 0.4) is 0 Å². The molecule has 1 heterocycles. The fourth-order valence-corrected chi connectivity index (χ4v) is 1.83. The number of nitrogens with one attached hydrogen (secondary N) is 1. The maximum atomic E-state index is 5.17. The van der Waals surface area contributed by atoms with Crippen molar-refractivity contribution in [2.45, 2.75) is 13.5 Å². The minimum absolute atomic E-state index is 0.716. The molecule has 3 nitrogen and oxygen atoms in total. The predicted octanol–water partition coefficient (Wildman–Crippen LogP) is 1.93. The summed E-state index contributed by atoms with van der Waals surface area (Å²) in [5.74, 6) is 3.05. The van der Waals surface area contributed by atoms with Gasteiger partial charge in [0.25, 0.3) is 0 Å². The Kier molecular flexibility index (Phi) is 6.20. The Bertz CT molecular complexity index is 281. The van der Waals surface area contributed by atoms with Gasteiger partial charge in [-0.3, -0.25) is 0 Å². The number of hydrogen-bond donors (Lipinski definition) is 1. The maximum Gasteiger partial charge on any atom is 0.217 e. The van der Waals surface area contributed by atoms with E-state index in [0.717, 1.165) is 24.4 Å².